The summed E-state index contributed by atoms with van der Waals surface area (Å²) in [6.07, 6.45) is 13.5. The molecule has 0 heterocycles. The number of hydrogen-bond donors (Lipinski definition) is 1. The van der Waals surface area contributed by atoms with Crippen molar-refractivity contribution >= 4 is 0 Å². The molecule has 0 atom stereocenters. The maximum absolute atomic E-state index is 7.00. The minimum Gasteiger partial charge on any atom is -0.400 e. The minimum absolute atomic E-state index is 0. The first-order chi connectivity index (χ1) is 7.27. The zero-order chi connectivity index (χ0) is 11.3. The summed E-state index contributed by atoms with van der Waals surface area (Å²) < 4.78 is 0. The molecule has 86 valence electrons. The van der Waals surface area contributed by atoms with Gasteiger partial charge in [0.2, 0.25) is 0 Å². The molecule has 0 saturated heterocycles. The molecular weight excluding hydrogens is 363 g/mol. The van der Waals surface area contributed by atoms with Gasteiger partial charge in [0.05, 0.1) is 0 Å². The van der Waals surface area contributed by atoms with E-state index in [4.69, 9.17) is 5.11 Å². The molecular formula is C14H19HfO-. The van der Waals surface area contributed by atoms with Crippen LogP contribution in [0.3, 0.4) is 0 Å². The summed E-state index contributed by atoms with van der Waals surface area (Å²) in [5.41, 5.74) is 5.82. The van der Waals surface area contributed by atoms with Gasteiger partial charge in [0.1, 0.15) is 0 Å². The van der Waals surface area contributed by atoms with E-state index in [1.807, 2.05) is 0 Å². The molecule has 2 heteroatoms. The van der Waals surface area contributed by atoms with Gasteiger partial charge in [-0.05, 0) is 12.8 Å². The van der Waals surface area contributed by atoms with Crippen molar-refractivity contribution in [3.8, 4) is 0 Å². The Balaban J connectivity index is 0.000000711. The second-order valence-electron chi connectivity index (χ2n) is 3.77. The molecule has 0 aliphatic heterocycles. The van der Waals surface area contributed by atoms with Crippen LogP contribution in [0.5, 0.6) is 0 Å². The smallest absolute Gasteiger partial charge is 0.0319 e. The Morgan fingerprint density at radius 3 is 1.56 bits per heavy atom. The fraction of sp³-hybridized carbons (Fsp3) is 0.357. The molecule has 2 aliphatic rings. The van der Waals surface area contributed by atoms with Crippen LogP contribution in [0.2, 0.25) is 0 Å². The van der Waals surface area contributed by atoms with E-state index >= 15 is 0 Å². The first-order valence-corrected chi connectivity index (χ1v) is 5.29. The SMILES string of the molecule is CC1=C([CH-]C2=C(C)C=CC2)CC=C1.CO.[Hf]. The van der Waals surface area contributed by atoms with Crippen molar-refractivity contribution in [1.82, 2.24) is 0 Å². The van der Waals surface area contributed by atoms with Crippen LogP contribution >= 0.6 is 0 Å². The number of allylic oxidation sites excluding steroid dienone is 8. The van der Waals surface area contributed by atoms with E-state index in [1.165, 1.54) is 22.3 Å². The van der Waals surface area contributed by atoms with Crippen molar-refractivity contribution in [2.45, 2.75) is 26.7 Å². The van der Waals surface area contributed by atoms with Crippen molar-refractivity contribution in [3.05, 3.63) is 53.0 Å². The van der Waals surface area contributed by atoms with Gasteiger partial charge in [-0.1, -0.05) is 26.0 Å². The fourth-order valence-corrected chi connectivity index (χ4v) is 1.82. The Labute approximate surface area is 117 Å². The average molecular weight is 382 g/mol. The predicted molar refractivity (Wildman–Crippen MR) is 65.4 cm³/mol. The number of hydrogen-bond acceptors (Lipinski definition) is 1. The van der Waals surface area contributed by atoms with Gasteiger partial charge >= 0.3 is 0 Å². The molecule has 2 rings (SSSR count). The van der Waals surface area contributed by atoms with Crippen molar-refractivity contribution in [1.29, 1.82) is 0 Å². The third-order valence-corrected chi connectivity index (χ3v) is 2.77. The quantitative estimate of drug-likeness (QED) is 0.574. The van der Waals surface area contributed by atoms with Crippen LogP contribution in [-0.2, 0) is 25.8 Å². The van der Waals surface area contributed by atoms with Crippen LogP contribution in [0.4, 0.5) is 0 Å². The molecule has 0 aromatic carbocycles. The summed E-state index contributed by atoms with van der Waals surface area (Å²) in [5, 5.41) is 7.00. The van der Waals surface area contributed by atoms with Crippen molar-refractivity contribution in [2.75, 3.05) is 7.11 Å². The second-order valence-corrected chi connectivity index (χ2v) is 3.77. The Morgan fingerprint density at radius 2 is 1.31 bits per heavy atom. The molecule has 0 radical (unpaired) electrons. The van der Waals surface area contributed by atoms with Gasteiger partial charge in [-0.3, -0.25) is 0 Å². The van der Waals surface area contributed by atoms with Crippen LogP contribution in [0.15, 0.2) is 46.6 Å². The topological polar surface area (TPSA) is 20.2 Å². The van der Waals surface area contributed by atoms with E-state index in [1.54, 1.807) is 0 Å². The molecule has 0 amide bonds. The molecule has 2 aliphatic carbocycles. The summed E-state index contributed by atoms with van der Waals surface area (Å²) in [6.45, 7) is 4.38. The number of aliphatic hydroxyl groups excluding tert-OH is 1. The van der Waals surface area contributed by atoms with Gasteiger partial charge in [-0.25, -0.2) is 0 Å². The van der Waals surface area contributed by atoms with Gasteiger partial charge in [0, 0.05) is 33.0 Å². The molecule has 0 saturated carbocycles. The second kappa shape index (κ2) is 7.86. The van der Waals surface area contributed by atoms with Crippen molar-refractivity contribution in [2.24, 2.45) is 0 Å². The van der Waals surface area contributed by atoms with Gasteiger partial charge in [-0.15, -0.1) is 34.4 Å². The van der Waals surface area contributed by atoms with Gasteiger partial charge in [0.15, 0.2) is 0 Å². The first kappa shape index (κ1) is 15.7. The van der Waals surface area contributed by atoms with Crippen LogP contribution < -0.4 is 0 Å². The fourth-order valence-electron chi connectivity index (χ4n) is 1.82. The summed E-state index contributed by atoms with van der Waals surface area (Å²) in [4.78, 5) is 0. The van der Waals surface area contributed by atoms with Crippen LogP contribution in [0.25, 0.3) is 0 Å². The van der Waals surface area contributed by atoms with E-state index in [-0.39, 0.29) is 25.8 Å². The normalized spacial score (nSPS) is 17.2. The van der Waals surface area contributed by atoms with E-state index < -0.39 is 0 Å². The molecule has 0 bridgehead atoms. The Kier molecular flexibility index (Phi) is 7.69. The van der Waals surface area contributed by atoms with Crippen LogP contribution in [0, 0.1) is 6.42 Å². The zero-order valence-corrected chi connectivity index (χ0v) is 13.8. The van der Waals surface area contributed by atoms with Gasteiger partial charge in [0.25, 0.3) is 0 Å². The average Bonchev–Trinajstić information content (AvgIpc) is 2.82. The van der Waals surface area contributed by atoms with Crippen molar-refractivity contribution < 1.29 is 30.9 Å². The third kappa shape index (κ3) is 3.91. The van der Waals surface area contributed by atoms with E-state index in [0.29, 0.717) is 0 Å². The molecule has 0 aromatic rings. The molecule has 1 nitrogen and oxygen atoms in total. The largest absolute Gasteiger partial charge is 0.400 e. The van der Waals surface area contributed by atoms with E-state index in [2.05, 4.69) is 44.6 Å². The molecule has 16 heavy (non-hydrogen) atoms. The Morgan fingerprint density at radius 1 is 0.938 bits per heavy atom. The summed E-state index contributed by atoms with van der Waals surface area (Å²) >= 11 is 0. The molecule has 1 N–H and O–H groups in total. The maximum Gasteiger partial charge on any atom is 0.0319 e. The third-order valence-electron chi connectivity index (χ3n) is 2.77. The number of rotatable bonds is 2. The van der Waals surface area contributed by atoms with E-state index in [9.17, 15) is 0 Å². The predicted octanol–water partition coefficient (Wildman–Crippen LogP) is 3.35. The summed E-state index contributed by atoms with van der Waals surface area (Å²) in [7, 11) is 1.00. The first-order valence-electron chi connectivity index (χ1n) is 5.29. The standard InChI is InChI=1S/C13H15.CH4O.Hf/c1-10-5-3-7-12(10)9-13-8-4-6-11(13)2;1-2;/h3-6,9H,7-8H2,1-2H3;2H,1H3;/q-1;;. The van der Waals surface area contributed by atoms with E-state index in [0.717, 1.165) is 20.0 Å². The van der Waals surface area contributed by atoms with Crippen LogP contribution in [-0.4, -0.2) is 12.2 Å². The summed E-state index contributed by atoms with van der Waals surface area (Å²) in [6, 6.07) is 0. The summed E-state index contributed by atoms with van der Waals surface area (Å²) in [5.74, 6) is 0. The van der Waals surface area contributed by atoms with Gasteiger partial charge in [-0.2, -0.15) is 6.42 Å². The molecule has 0 unspecified atom stereocenters. The van der Waals surface area contributed by atoms with Crippen LogP contribution in [0.1, 0.15) is 26.7 Å². The van der Waals surface area contributed by atoms with Crippen molar-refractivity contribution in [3.63, 3.8) is 0 Å². The molecule has 0 aromatic heterocycles. The Hall–Kier alpha value is -0.340. The minimum atomic E-state index is 0. The molecule has 0 fully saturated rings. The molecule has 0 spiro atoms. The monoisotopic (exact) mass is 383 g/mol. The maximum atomic E-state index is 7.00. The zero-order valence-electron chi connectivity index (χ0n) is 10.2. The Bertz CT molecular complexity index is 312. The van der Waals surface area contributed by atoms with Gasteiger partial charge < -0.3 is 5.11 Å². The number of aliphatic hydroxyl groups is 1.